The highest BCUT2D eigenvalue weighted by atomic mass is 16.3. The van der Waals surface area contributed by atoms with E-state index in [2.05, 4.69) is 27.7 Å². The fourth-order valence-corrected chi connectivity index (χ4v) is 7.65. The fourth-order valence-electron chi connectivity index (χ4n) is 7.65. The second-order valence-corrected chi connectivity index (χ2v) is 10.2. The van der Waals surface area contributed by atoms with Gasteiger partial charge in [0.15, 0.2) is 0 Å². The molecule has 0 radical (unpaired) electrons. The molecule has 4 rings (SSSR count). The normalized spacial score (nSPS) is 59.2. The first-order valence-electron chi connectivity index (χ1n) is 9.94. The van der Waals surface area contributed by atoms with E-state index in [-0.39, 0.29) is 11.3 Å². The van der Waals surface area contributed by atoms with Crippen molar-refractivity contribution < 1.29 is 9.90 Å². The monoisotopic (exact) mass is 318 g/mol. The van der Waals surface area contributed by atoms with Gasteiger partial charge in [0, 0.05) is 12.3 Å². The summed E-state index contributed by atoms with van der Waals surface area (Å²) in [5.41, 5.74) is 0.00962. The van der Waals surface area contributed by atoms with Crippen molar-refractivity contribution in [2.75, 3.05) is 0 Å². The van der Waals surface area contributed by atoms with Crippen molar-refractivity contribution in [3.63, 3.8) is 0 Å². The molecule has 0 amide bonds. The first kappa shape index (κ1) is 16.1. The van der Waals surface area contributed by atoms with Crippen molar-refractivity contribution in [3.05, 3.63) is 0 Å². The molecule has 0 aromatic heterocycles. The Balaban J connectivity index is 1.66. The number of Topliss-reactive ketones (excluding diaryl/α,β-unsaturated/α-hetero) is 1. The SMILES string of the molecule is C[C@H]1C[C@@]2(C)[C@@H](CC[C@H]3[C@H]2CC[C@]2(C)[C@@H]3CC[C@]2(C)O)CC1=O. The van der Waals surface area contributed by atoms with E-state index in [1.165, 1.54) is 32.1 Å². The summed E-state index contributed by atoms with van der Waals surface area (Å²) in [6.07, 6.45) is 9.11. The number of hydrogen-bond acceptors (Lipinski definition) is 2. The van der Waals surface area contributed by atoms with Crippen LogP contribution in [0, 0.1) is 40.4 Å². The Morgan fingerprint density at radius 1 is 1.00 bits per heavy atom. The lowest BCUT2D eigenvalue weighted by atomic mass is 9.44. The van der Waals surface area contributed by atoms with Crippen LogP contribution in [0.25, 0.3) is 0 Å². The van der Waals surface area contributed by atoms with Crippen molar-refractivity contribution in [1.82, 2.24) is 0 Å². The third-order valence-electron chi connectivity index (χ3n) is 9.37. The Bertz CT molecular complexity index is 524. The van der Waals surface area contributed by atoms with E-state index in [0.717, 1.165) is 31.1 Å². The summed E-state index contributed by atoms with van der Waals surface area (Å²) < 4.78 is 0. The number of hydrogen-bond donors (Lipinski definition) is 1. The van der Waals surface area contributed by atoms with E-state index in [0.29, 0.717) is 23.0 Å². The largest absolute Gasteiger partial charge is 0.390 e. The number of aliphatic hydroxyl groups is 1. The highest BCUT2D eigenvalue weighted by molar-refractivity contribution is 5.82. The van der Waals surface area contributed by atoms with Gasteiger partial charge in [-0.2, -0.15) is 0 Å². The lowest BCUT2D eigenvalue weighted by Gasteiger charge is -2.61. The molecular weight excluding hydrogens is 284 g/mol. The van der Waals surface area contributed by atoms with Crippen LogP contribution in [0.15, 0.2) is 0 Å². The number of ketones is 1. The molecule has 4 saturated carbocycles. The van der Waals surface area contributed by atoms with E-state index < -0.39 is 5.60 Å². The molecule has 0 unspecified atom stereocenters. The summed E-state index contributed by atoms with van der Waals surface area (Å²) >= 11 is 0. The zero-order valence-electron chi connectivity index (χ0n) is 15.4. The van der Waals surface area contributed by atoms with Gasteiger partial charge in [-0.15, -0.1) is 0 Å². The van der Waals surface area contributed by atoms with Gasteiger partial charge in [0.1, 0.15) is 5.78 Å². The average Bonchev–Trinajstić information content (AvgIpc) is 2.71. The summed E-state index contributed by atoms with van der Waals surface area (Å²) in [6.45, 7) is 9.11. The maximum Gasteiger partial charge on any atom is 0.136 e. The van der Waals surface area contributed by atoms with E-state index >= 15 is 0 Å². The lowest BCUT2D eigenvalue weighted by Crippen LogP contribution is -2.56. The van der Waals surface area contributed by atoms with E-state index in [4.69, 9.17) is 0 Å². The van der Waals surface area contributed by atoms with E-state index in [9.17, 15) is 9.90 Å². The zero-order valence-corrected chi connectivity index (χ0v) is 15.4. The maximum absolute atomic E-state index is 12.2. The Kier molecular flexibility index (Phi) is 3.39. The van der Waals surface area contributed by atoms with Crippen molar-refractivity contribution in [3.8, 4) is 0 Å². The van der Waals surface area contributed by atoms with Crippen molar-refractivity contribution in [1.29, 1.82) is 0 Å². The van der Waals surface area contributed by atoms with Crippen LogP contribution in [-0.2, 0) is 4.79 Å². The number of rotatable bonds is 0. The molecule has 0 aromatic carbocycles. The molecule has 0 aromatic rings. The summed E-state index contributed by atoms with van der Waals surface area (Å²) in [5.74, 6) is 3.65. The molecule has 4 aliphatic rings. The predicted molar refractivity (Wildman–Crippen MR) is 91.9 cm³/mol. The van der Waals surface area contributed by atoms with Crippen LogP contribution in [-0.4, -0.2) is 16.5 Å². The summed E-state index contributed by atoms with van der Waals surface area (Å²) in [5, 5.41) is 11.0. The van der Waals surface area contributed by atoms with Crippen LogP contribution in [0.5, 0.6) is 0 Å². The van der Waals surface area contributed by atoms with E-state index in [1.807, 2.05) is 0 Å². The quantitative estimate of drug-likeness (QED) is 0.709. The summed E-state index contributed by atoms with van der Waals surface area (Å²) in [7, 11) is 0. The zero-order chi connectivity index (χ0) is 16.6. The molecular formula is C21H34O2. The minimum Gasteiger partial charge on any atom is -0.390 e. The molecule has 0 heterocycles. The van der Waals surface area contributed by atoms with Gasteiger partial charge in [0.05, 0.1) is 5.60 Å². The second-order valence-electron chi connectivity index (χ2n) is 10.2. The van der Waals surface area contributed by atoms with Gasteiger partial charge < -0.3 is 5.11 Å². The maximum atomic E-state index is 12.2. The Morgan fingerprint density at radius 2 is 1.70 bits per heavy atom. The molecule has 0 spiro atoms. The Labute approximate surface area is 141 Å². The van der Waals surface area contributed by atoms with Gasteiger partial charge in [-0.05, 0) is 86.4 Å². The minimum absolute atomic E-state index is 0.119. The third-order valence-corrected chi connectivity index (χ3v) is 9.37. The molecule has 1 N–H and O–H groups in total. The van der Waals surface area contributed by atoms with Gasteiger partial charge in [0.2, 0.25) is 0 Å². The van der Waals surface area contributed by atoms with Crippen LogP contribution >= 0.6 is 0 Å². The standard InChI is InChI=1S/C21H34O2/c1-13-12-19(2)14(11-18(13)22)5-6-15-16(19)7-9-20(3)17(15)8-10-21(20,4)23/h13-17,23H,5-12H2,1-4H3/t13-,14-,15-,16+,17+,19-,20+,21-/m0/s1. The first-order valence-corrected chi connectivity index (χ1v) is 9.94. The summed E-state index contributed by atoms with van der Waals surface area (Å²) in [6, 6.07) is 0. The number of carbonyl (C=O) groups is 1. The van der Waals surface area contributed by atoms with Crippen LogP contribution in [0.4, 0.5) is 0 Å². The van der Waals surface area contributed by atoms with Crippen LogP contribution < -0.4 is 0 Å². The van der Waals surface area contributed by atoms with Gasteiger partial charge in [-0.25, -0.2) is 0 Å². The first-order chi connectivity index (χ1) is 10.7. The molecule has 4 fully saturated rings. The molecule has 2 heteroatoms. The topological polar surface area (TPSA) is 37.3 Å². The minimum atomic E-state index is -0.476. The molecule has 130 valence electrons. The second kappa shape index (κ2) is 4.84. The van der Waals surface area contributed by atoms with Gasteiger partial charge in [-0.1, -0.05) is 20.8 Å². The van der Waals surface area contributed by atoms with Crippen molar-refractivity contribution >= 4 is 5.78 Å². The van der Waals surface area contributed by atoms with Crippen LogP contribution in [0.3, 0.4) is 0 Å². The van der Waals surface area contributed by atoms with Gasteiger partial charge in [-0.3, -0.25) is 4.79 Å². The molecule has 23 heavy (non-hydrogen) atoms. The van der Waals surface area contributed by atoms with Crippen LogP contribution in [0.2, 0.25) is 0 Å². The molecule has 0 saturated heterocycles. The lowest BCUT2D eigenvalue weighted by molar-refractivity contribution is -0.158. The highest BCUT2D eigenvalue weighted by Gasteiger charge is 2.63. The highest BCUT2D eigenvalue weighted by Crippen LogP contribution is 2.68. The fraction of sp³-hybridized carbons (Fsp3) is 0.952. The Hall–Kier alpha value is -0.370. The smallest absolute Gasteiger partial charge is 0.136 e. The molecule has 8 atom stereocenters. The summed E-state index contributed by atoms with van der Waals surface area (Å²) in [4.78, 5) is 12.2. The predicted octanol–water partition coefficient (Wildman–Crippen LogP) is 4.60. The molecule has 0 aliphatic heterocycles. The van der Waals surface area contributed by atoms with Crippen molar-refractivity contribution in [2.45, 2.75) is 84.7 Å². The van der Waals surface area contributed by atoms with Crippen LogP contribution in [0.1, 0.15) is 79.1 Å². The van der Waals surface area contributed by atoms with Crippen molar-refractivity contribution in [2.24, 2.45) is 40.4 Å². The molecule has 0 bridgehead atoms. The van der Waals surface area contributed by atoms with Gasteiger partial charge >= 0.3 is 0 Å². The average molecular weight is 319 g/mol. The van der Waals surface area contributed by atoms with E-state index in [1.54, 1.807) is 0 Å². The third kappa shape index (κ3) is 2.00. The number of carbonyl (C=O) groups excluding carboxylic acids is 1. The van der Waals surface area contributed by atoms with Gasteiger partial charge in [0.25, 0.3) is 0 Å². The molecule has 4 aliphatic carbocycles. The number of fused-ring (bicyclic) bond motifs is 5. The Morgan fingerprint density at radius 3 is 2.43 bits per heavy atom. The molecule has 2 nitrogen and oxygen atoms in total.